The lowest BCUT2D eigenvalue weighted by Gasteiger charge is -2.30. The summed E-state index contributed by atoms with van der Waals surface area (Å²) in [5.74, 6) is 0.142. The lowest BCUT2D eigenvalue weighted by atomic mass is 9.84. The van der Waals surface area contributed by atoms with Crippen LogP contribution in [0.15, 0.2) is 0 Å². The molecule has 0 aromatic heterocycles. The van der Waals surface area contributed by atoms with Crippen LogP contribution in [0.5, 0.6) is 0 Å². The van der Waals surface area contributed by atoms with Crippen molar-refractivity contribution in [2.24, 2.45) is 11.1 Å². The summed E-state index contributed by atoms with van der Waals surface area (Å²) in [6, 6.07) is 1.16. The predicted molar refractivity (Wildman–Crippen MR) is 73.2 cm³/mol. The third kappa shape index (κ3) is 2.69. The molecular formula is C14H27N3O. The first-order chi connectivity index (χ1) is 8.45. The molecule has 0 heterocycles. The van der Waals surface area contributed by atoms with E-state index in [1.807, 2.05) is 6.92 Å². The summed E-state index contributed by atoms with van der Waals surface area (Å²) in [6.07, 6.45) is 5.58. The zero-order chi connectivity index (χ0) is 13.3. The number of rotatable bonds is 5. The van der Waals surface area contributed by atoms with Crippen LogP contribution in [-0.2, 0) is 4.79 Å². The summed E-state index contributed by atoms with van der Waals surface area (Å²) >= 11 is 0. The van der Waals surface area contributed by atoms with Crippen LogP contribution < -0.4 is 11.1 Å². The van der Waals surface area contributed by atoms with Crippen LogP contribution in [0.2, 0.25) is 0 Å². The predicted octanol–water partition coefficient (Wildman–Crippen LogP) is 1.10. The van der Waals surface area contributed by atoms with Crippen LogP contribution in [0.4, 0.5) is 0 Å². The Labute approximate surface area is 110 Å². The minimum Gasteiger partial charge on any atom is -0.354 e. The van der Waals surface area contributed by atoms with E-state index in [1.54, 1.807) is 0 Å². The largest absolute Gasteiger partial charge is 0.354 e. The Kier molecular flexibility index (Phi) is 3.97. The van der Waals surface area contributed by atoms with Crippen molar-refractivity contribution < 1.29 is 4.79 Å². The first-order valence-corrected chi connectivity index (χ1v) is 7.21. The van der Waals surface area contributed by atoms with E-state index < -0.39 is 0 Å². The van der Waals surface area contributed by atoms with Crippen LogP contribution in [0, 0.1) is 5.41 Å². The van der Waals surface area contributed by atoms with Crippen molar-refractivity contribution in [1.82, 2.24) is 10.2 Å². The normalized spacial score (nSPS) is 33.7. The van der Waals surface area contributed by atoms with Gasteiger partial charge in [0.25, 0.3) is 0 Å². The van der Waals surface area contributed by atoms with Crippen molar-refractivity contribution in [3.8, 4) is 0 Å². The van der Waals surface area contributed by atoms with Crippen molar-refractivity contribution in [2.45, 2.75) is 64.1 Å². The monoisotopic (exact) mass is 253 g/mol. The van der Waals surface area contributed by atoms with E-state index in [4.69, 9.17) is 5.73 Å². The Morgan fingerprint density at radius 3 is 2.67 bits per heavy atom. The lowest BCUT2D eigenvalue weighted by molar-refractivity contribution is -0.130. The first kappa shape index (κ1) is 13.8. The van der Waals surface area contributed by atoms with Gasteiger partial charge in [0.05, 0.1) is 5.41 Å². The van der Waals surface area contributed by atoms with Crippen LogP contribution in [0.3, 0.4) is 0 Å². The molecular weight excluding hydrogens is 226 g/mol. The average Bonchev–Trinajstić information content (AvgIpc) is 3.13. The SMILES string of the molecule is CC(CNC(=O)C1(C)CCCC1N)N(C)C1CC1. The van der Waals surface area contributed by atoms with Gasteiger partial charge >= 0.3 is 0 Å². The fourth-order valence-corrected chi connectivity index (χ4v) is 2.90. The van der Waals surface area contributed by atoms with Crippen molar-refractivity contribution in [1.29, 1.82) is 0 Å². The molecule has 1 amide bonds. The molecule has 0 aromatic carbocycles. The van der Waals surface area contributed by atoms with Gasteiger partial charge in [0, 0.05) is 24.7 Å². The molecule has 18 heavy (non-hydrogen) atoms. The zero-order valence-corrected chi connectivity index (χ0v) is 11.9. The summed E-state index contributed by atoms with van der Waals surface area (Å²) in [6.45, 7) is 4.92. The highest BCUT2D eigenvalue weighted by atomic mass is 16.2. The van der Waals surface area contributed by atoms with Gasteiger partial charge in [0.15, 0.2) is 0 Å². The number of carbonyl (C=O) groups excluding carboxylic acids is 1. The Morgan fingerprint density at radius 2 is 2.17 bits per heavy atom. The molecule has 2 fully saturated rings. The summed E-state index contributed by atoms with van der Waals surface area (Å²) in [5.41, 5.74) is 5.72. The summed E-state index contributed by atoms with van der Waals surface area (Å²) < 4.78 is 0. The molecule has 3 unspecified atom stereocenters. The molecule has 2 saturated carbocycles. The number of hydrogen-bond acceptors (Lipinski definition) is 3. The van der Waals surface area contributed by atoms with Gasteiger partial charge in [-0.15, -0.1) is 0 Å². The van der Waals surface area contributed by atoms with Gasteiger partial charge in [-0.2, -0.15) is 0 Å². The zero-order valence-electron chi connectivity index (χ0n) is 11.9. The summed E-state index contributed by atoms with van der Waals surface area (Å²) in [4.78, 5) is 14.7. The van der Waals surface area contributed by atoms with E-state index in [0.29, 0.717) is 6.04 Å². The molecule has 0 spiro atoms. The van der Waals surface area contributed by atoms with Crippen LogP contribution in [-0.4, -0.2) is 42.5 Å². The highest BCUT2D eigenvalue weighted by Crippen LogP contribution is 2.36. The molecule has 0 saturated heterocycles. The number of likely N-dealkylation sites (N-methyl/N-ethyl adjacent to an activating group) is 1. The Balaban J connectivity index is 1.80. The fraction of sp³-hybridized carbons (Fsp3) is 0.929. The van der Waals surface area contributed by atoms with Gasteiger partial charge in [-0.05, 0) is 46.6 Å². The molecule has 2 aliphatic rings. The van der Waals surface area contributed by atoms with E-state index in [9.17, 15) is 4.79 Å². The van der Waals surface area contributed by atoms with Crippen molar-refractivity contribution in [3.63, 3.8) is 0 Å². The van der Waals surface area contributed by atoms with E-state index in [2.05, 4.69) is 24.2 Å². The fourth-order valence-electron chi connectivity index (χ4n) is 2.90. The number of carbonyl (C=O) groups is 1. The molecule has 0 aliphatic heterocycles. The number of amides is 1. The van der Waals surface area contributed by atoms with Crippen molar-refractivity contribution >= 4 is 5.91 Å². The molecule has 0 bridgehead atoms. The second-order valence-electron chi connectivity index (χ2n) is 6.37. The summed E-state index contributed by atoms with van der Waals surface area (Å²) in [5, 5.41) is 3.10. The first-order valence-electron chi connectivity index (χ1n) is 7.21. The number of nitrogens with zero attached hydrogens (tertiary/aromatic N) is 1. The minimum absolute atomic E-state index is 0.0222. The second kappa shape index (κ2) is 5.17. The third-order valence-electron chi connectivity index (χ3n) is 4.92. The number of nitrogens with two attached hydrogens (primary N) is 1. The smallest absolute Gasteiger partial charge is 0.227 e. The quantitative estimate of drug-likeness (QED) is 0.771. The second-order valence-corrected chi connectivity index (χ2v) is 6.37. The molecule has 3 atom stereocenters. The van der Waals surface area contributed by atoms with Gasteiger partial charge in [0.2, 0.25) is 5.91 Å². The number of nitrogens with one attached hydrogen (secondary N) is 1. The molecule has 4 heteroatoms. The standard InChI is InChI=1S/C14H27N3O/c1-10(17(3)11-6-7-11)9-16-13(18)14(2)8-4-5-12(14)15/h10-12H,4-9,15H2,1-3H3,(H,16,18). The van der Waals surface area contributed by atoms with Crippen molar-refractivity contribution in [2.75, 3.05) is 13.6 Å². The molecule has 0 radical (unpaired) electrons. The average molecular weight is 253 g/mol. The summed E-state index contributed by atoms with van der Waals surface area (Å²) in [7, 11) is 2.15. The maximum absolute atomic E-state index is 12.3. The van der Waals surface area contributed by atoms with Crippen LogP contribution in [0.1, 0.15) is 46.0 Å². The Morgan fingerprint density at radius 1 is 1.50 bits per heavy atom. The Bertz CT molecular complexity index is 316. The molecule has 104 valence electrons. The molecule has 4 nitrogen and oxygen atoms in total. The topological polar surface area (TPSA) is 58.4 Å². The van der Waals surface area contributed by atoms with Gasteiger partial charge in [-0.1, -0.05) is 6.42 Å². The molecule has 3 N–H and O–H groups in total. The van der Waals surface area contributed by atoms with Gasteiger partial charge in [-0.3, -0.25) is 9.69 Å². The van der Waals surface area contributed by atoms with Crippen LogP contribution >= 0.6 is 0 Å². The molecule has 2 rings (SSSR count). The maximum Gasteiger partial charge on any atom is 0.227 e. The van der Waals surface area contributed by atoms with Gasteiger partial charge in [0.1, 0.15) is 0 Å². The number of hydrogen-bond donors (Lipinski definition) is 2. The lowest BCUT2D eigenvalue weighted by Crippen LogP contribution is -2.50. The highest BCUT2D eigenvalue weighted by Gasteiger charge is 2.43. The van der Waals surface area contributed by atoms with Crippen molar-refractivity contribution in [3.05, 3.63) is 0 Å². The van der Waals surface area contributed by atoms with Crippen LogP contribution in [0.25, 0.3) is 0 Å². The maximum atomic E-state index is 12.3. The minimum atomic E-state index is -0.349. The van der Waals surface area contributed by atoms with E-state index in [-0.39, 0.29) is 17.4 Å². The Hall–Kier alpha value is -0.610. The third-order valence-corrected chi connectivity index (χ3v) is 4.92. The highest BCUT2D eigenvalue weighted by molar-refractivity contribution is 5.83. The molecule has 0 aromatic rings. The molecule has 2 aliphatic carbocycles. The van der Waals surface area contributed by atoms with E-state index in [1.165, 1.54) is 12.8 Å². The van der Waals surface area contributed by atoms with E-state index in [0.717, 1.165) is 31.8 Å². The van der Waals surface area contributed by atoms with Gasteiger partial charge < -0.3 is 11.1 Å². The van der Waals surface area contributed by atoms with E-state index >= 15 is 0 Å². The van der Waals surface area contributed by atoms with Gasteiger partial charge in [-0.25, -0.2) is 0 Å².